The van der Waals surface area contributed by atoms with E-state index in [0.717, 1.165) is 12.8 Å². The molecule has 0 amide bonds. The van der Waals surface area contributed by atoms with E-state index < -0.39 is 0 Å². The quantitative estimate of drug-likeness (QED) is 0.330. The summed E-state index contributed by atoms with van der Waals surface area (Å²) in [5.74, 6) is 0. The molecule has 0 aromatic rings. The first-order chi connectivity index (χ1) is 2.91. The number of hydrogen-bond donors (Lipinski definition) is 0. The third-order valence-electron chi connectivity index (χ3n) is 0.575. The predicted molar refractivity (Wildman–Crippen MR) is 29.6 cm³/mol. The second kappa shape index (κ2) is 15.7. The Kier molecular flexibility index (Phi) is 30.9. The Morgan fingerprint density at radius 2 is 1.25 bits per heavy atom. The summed E-state index contributed by atoms with van der Waals surface area (Å²) in [6, 6.07) is 0. The van der Waals surface area contributed by atoms with Crippen molar-refractivity contribution >= 4 is 0 Å². The number of hydrogen-bond acceptors (Lipinski definition) is 0. The molecule has 0 spiro atoms. The van der Waals surface area contributed by atoms with Crippen LogP contribution in [0, 0.1) is 0 Å². The van der Waals surface area contributed by atoms with E-state index in [4.69, 9.17) is 0 Å². The van der Waals surface area contributed by atoms with Crippen LogP contribution in [0.2, 0.25) is 0 Å². The topological polar surface area (TPSA) is 0 Å². The van der Waals surface area contributed by atoms with Gasteiger partial charge in [-0.25, -0.2) is 0 Å². The SMILES string of the molecule is C=CCCC=C.[Cl-].[Rh+]. The molecule has 2 heteroatoms. The average molecular weight is 221 g/mol. The maximum absolute atomic E-state index is 3.55. The Hall–Kier alpha value is 0.393. The van der Waals surface area contributed by atoms with Gasteiger partial charge in [-0.3, -0.25) is 0 Å². The van der Waals surface area contributed by atoms with Crippen LogP contribution in [0.4, 0.5) is 0 Å². The average Bonchev–Trinajstić information content (AvgIpc) is 1.61. The minimum absolute atomic E-state index is 0. The van der Waals surface area contributed by atoms with Crippen molar-refractivity contribution in [2.75, 3.05) is 0 Å². The zero-order valence-electron chi connectivity index (χ0n) is 4.69. The van der Waals surface area contributed by atoms with E-state index >= 15 is 0 Å². The van der Waals surface area contributed by atoms with Gasteiger partial charge in [-0.1, -0.05) is 12.2 Å². The minimum atomic E-state index is 0. The molecule has 8 heavy (non-hydrogen) atoms. The molecule has 0 N–H and O–H groups in total. The number of rotatable bonds is 3. The van der Waals surface area contributed by atoms with Gasteiger partial charge in [-0.2, -0.15) is 0 Å². The van der Waals surface area contributed by atoms with Gasteiger partial charge in [0.25, 0.3) is 0 Å². The van der Waals surface area contributed by atoms with Crippen LogP contribution in [-0.2, 0) is 19.5 Å². The Morgan fingerprint density at radius 3 is 1.38 bits per heavy atom. The van der Waals surface area contributed by atoms with E-state index in [-0.39, 0.29) is 31.9 Å². The van der Waals surface area contributed by atoms with Gasteiger partial charge in [0.05, 0.1) is 0 Å². The summed E-state index contributed by atoms with van der Waals surface area (Å²) in [6.07, 6.45) is 5.90. The van der Waals surface area contributed by atoms with Crippen molar-refractivity contribution in [2.45, 2.75) is 12.8 Å². The fourth-order valence-corrected chi connectivity index (χ4v) is 0.236. The van der Waals surface area contributed by atoms with Crippen LogP contribution in [0.3, 0.4) is 0 Å². The number of unbranched alkanes of at least 4 members (excludes halogenated alkanes) is 1. The molecule has 0 rings (SSSR count). The molecule has 0 aliphatic rings. The molecule has 0 radical (unpaired) electrons. The summed E-state index contributed by atoms with van der Waals surface area (Å²) in [6.45, 7) is 7.10. The first-order valence-corrected chi connectivity index (χ1v) is 2.13. The molecule has 50 valence electrons. The molecule has 0 atom stereocenters. The van der Waals surface area contributed by atoms with Gasteiger partial charge in [0.15, 0.2) is 0 Å². The van der Waals surface area contributed by atoms with Crippen molar-refractivity contribution < 1.29 is 31.9 Å². The number of allylic oxidation sites excluding steroid dienone is 2. The van der Waals surface area contributed by atoms with E-state index in [2.05, 4.69) is 13.2 Å². The summed E-state index contributed by atoms with van der Waals surface area (Å²) in [7, 11) is 0. The van der Waals surface area contributed by atoms with Gasteiger partial charge >= 0.3 is 19.5 Å². The molecule has 0 fully saturated rings. The normalized spacial score (nSPS) is 5.50. The van der Waals surface area contributed by atoms with E-state index in [1.165, 1.54) is 0 Å². The van der Waals surface area contributed by atoms with Crippen LogP contribution in [-0.4, -0.2) is 0 Å². The molecule has 0 bridgehead atoms. The van der Waals surface area contributed by atoms with Crippen molar-refractivity contribution in [2.24, 2.45) is 0 Å². The Morgan fingerprint density at radius 1 is 1.00 bits per heavy atom. The molecule has 0 saturated carbocycles. The van der Waals surface area contributed by atoms with Crippen molar-refractivity contribution in [3.05, 3.63) is 25.3 Å². The zero-order chi connectivity index (χ0) is 4.83. The first kappa shape index (κ1) is 15.8. The fourth-order valence-electron chi connectivity index (χ4n) is 0.236. The second-order valence-electron chi connectivity index (χ2n) is 1.15. The minimum Gasteiger partial charge on any atom is -1.00 e. The standard InChI is InChI=1S/C6H10.ClH.Rh/c1-3-5-6-4-2;;/h3-4H,1-2,5-6H2;1H;/q;;+1/p-1. The second-order valence-corrected chi connectivity index (χ2v) is 1.15. The van der Waals surface area contributed by atoms with Crippen LogP contribution in [0.1, 0.15) is 12.8 Å². The Balaban J connectivity index is -0.000000125. The monoisotopic (exact) mass is 220 g/mol. The zero-order valence-corrected chi connectivity index (χ0v) is 7.09. The summed E-state index contributed by atoms with van der Waals surface area (Å²) in [5.41, 5.74) is 0. The van der Waals surface area contributed by atoms with Gasteiger partial charge in [0.1, 0.15) is 0 Å². The van der Waals surface area contributed by atoms with Gasteiger partial charge in [-0.05, 0) is 12.8 Å². The molecule has 0 unspecified atom stereocenters. The van der Waals surface area contributed by atoms with Gasteiger partial charge in [-0.15, -0.1) is 13.2 Å². The molecule has 0 aromatic carbocycles. The summed E-state index contributed by atoms with van der Waals surface area (Å²) < 4.78 is 0. The largest absolute Gasteiger partial charge is 1.00 e. The molecule has 0 aliphatic carbocycles. The van der Waals surface area contributed by atoms with E-state index in [1.807, 2.05) is 12.2 Å². The van der Waals surface area contributed by atoms with Crippen LogP contribution >= 0.6 is 0 Å². The van der Waals surface area contributed by atoms with Crippen molar-refractivity contribution in [3.63, 3.8) is 0 Å². The molecular weight excluding hydrogens is 210 g/mol. The molecular formula is C6H10ClRh. The smallest absolute Gasteiger partial charge is 1.00 e. The van der Waals surface area contributed by atoms with E-state index in [0.29, 0.717) is 0 Å². The van der Waals surface area contributed by atoms with Crippen LogP contribution in [0.25, 0.3) is 0 Å². The van der Waals surface area contributed by atoms with Gasteiger partial charge < -0.3 is 12.4 Å². The first-order valence-electron chi connectivity index (χ1n) is 2.13. The summed E-state index contributed by atoms with van der Waals surface area (Å²) in [5, 5.41) is 0. The summed E-state index contributed by atoms with van der Waals surface area (Å²) in [4.78, 5) is 0. The van der Waals surface area contributed by atoms with Gasteiger partial charge in [0.2, 0.25) is 0 Å². The molecule has 0 aliphatic heterocycles. The van der Waals surface area contributed by atoms with Crippen molar-refractivity contribution in [1.82, 2.24) is 0 Å². The van der Waals surface area contributed by atoms with Crippen LogP contribution in [0.15, 0.2) is 25.3 Å². The maximum Gasteiger partial charge on any atom is 1.00 e. The van der Waals surface area contributed by atoms with E-state index in [9.17, 15) is 0 Å². The number of halogens is 1. The molecule has 0 nitrogen and oxygen atoms in total. The maximum atomic E-state index is 3.55. The van der Waals surface area contributed by atoms with Crippen LogP contribution < -0.4 is 12.4 Å². The third-order valence-corrected chi connectivity index (χ3v) is 0.575. The Labute approximate surface area is 70.2 Å². The molecule has 0 aromatic heterocycles. The van der Waals surface area contributed by atoms with Crippen molar-refractivity contribution in [3.8, 4) is 0 Å². The predicted octanol–water partition coefficient (Wildman–Crippen LogP) is -0.860. The molecule has 0 heterocycles. The van der Waals surface area contributed by atoms with E-state index in [1.54, 1.807) is 0 Å². The fraction of sp³-hybridized carbons (Fsp3) is 0.333. The van der Waals surface area contributed by atoms with Crippen LogP contribution in [0.5, 0.6) is 0 Å². The Bertz CT molecular complexity index is 44.5. The van der Waals surface area contributed by atoms with Gasteiger partial charge in [0, 0.05) is 0 Å². The third kappa shape index (κ3) is 16.2. The van der Waals surface area contributed by atoms with Crippen molar-refractivity contribution in [1.29, 1.82) is 0 Å². The molecule has 0 saturated heterocycles. The summed E-state index contributed by atoms with van der Waals surface area (Å²) >= 11 is 0.